The van der Waals surface area contributed by atoms with E-state index in [1.807, 2.05) is 42.5 Å². The average molecular weight is 513 g/mol. The molecule has 2 unspecified atom stereocenters. The Balaban J connectivity index is 1.60. The Morgan fingerprint density at radius 1 is 1.08 bits per heavy atom. The Hall–Kier alpha value is -3.14. The van der Waals surface area contributed by atoms with Crippen molar-refractivity contribution in [2.24, 2.45) is 4.99 Å². The summed E-state index contributed by atoms with van der Waals surface area (Å²) in [6.45, 7) is 4.72. The third kappa shape index (κ3) is 5.98. The van der Waals surface area contributed by atoms with Crippen LogP contribution in [0.15, 0.2) is 47.5 Å². The number of anilines is 1. The number of hydrogen-bond donors (Lipinski definition) is 4. The maximum atomic E-state index is 12.9. The van der Waals surface area contributed by atoms with E-state index in [-0.39, 0.29) is 36.6 Å². The van der Waals surface area contributed by atoms with Crippen LogP contribution in [-0.4, -0.2) is 56.1 Å². The molecule has 0 aliphatic carbocycles. The molecule has 2 aliphatic rings. The van der Waals surface area contributed by atoms with Crippen molar-refractivity contribution in [1.29, 1.82) is 0 Å². The van der Waals surface area contributed by atoms with Gasteiger partial charge < -0.3 is 20.3 Å². The van der Waals surface area contributed by atoms with Crippen molar-refractivity contribution >= 4 is 34.8 Å². The van der Waals surface area contributed by atoms with Gasteiger partial charge in [0.15, 0.2) is 0 Å². The van der Waals surface area contributed by atoms with E-state index >= 15 is 0 Å². The number of hydrogen-bond acceptors (Lipinski definition) is 7. The van der Waals surface area contributed by atoms with E-state index in [0.717, 1.165) is 41.1 Å². The van der Waals surface area contributed by atoms with Gasteiger partial charge >= 0.3 is 0 Å². The second-order valence-corrected chi connectivity index (χ2v) is 9.43. The van der Waals surface area contributed by atoms with E-state index < -0.39 is 0 Å². The average Bonchev–Trinajstić information content (AvgIpc) is 3.18. The topological polar surface area (TPSA) is 107 Å². The monoisotopic (exact) mass is 512 g/mol. The van der Waals surface area contributed by atoms with Crippen LogP contribution in [0.5, 0.6) is 5.75 Å². The zero-order valence-corrected chi connectivity index (χ0v) is 21.6. The minimum absolute atomic E-state index is 0.0127. The van der Waals surface area contributed by atoms with Gasteiger partial charge in [0.2, 0.25) is 11.8 Å². The zero-order chi connectivity index (χ0) is 25.7. The van der Waals surface area contributed by atoms with Gasteiger partial charge in [0.05, 0.1) is 31.4 Å². The van der Waals surface area contributed by atoms with E-state index in [1.165, 1.54) is 6.92 Å². The molecule has 3 atom stereocenters. The largest absolute Gasteiger partial charge is 0.497 e. The number of fused-ring (bicyclic) bond motifs is 3. The first-order valence-electron chi connectivity index (χ1n) is 12.2. The molecule has 4 rings (SSSR count). The Bertz CT molecular complexity index is 1120. The van der Waals surface area contributed by atoms with Gasteiger partial charge in [-0.2, -0.15) is 0 Å². The lowest BCUT2D eigenvalue weighted by Crippen LogP contribution is -2.47. The summed E-state index contributed by atoms with van der Waals surface area (Å²) in [6.07, 6.45) is 1.58. The summed E-state index contributed by atoms with van der Waals surface area (Å²) < 4.78 is 5.53. The number of ether oxygens (including phenoxy) is 1. The van der Waals surface area contributed by atoms with Gasteiger partial charge in [0.1, 0.15) is 11.9 Å². The minimum atomic E-state index is -0.356. The first kappa shape index (κ1) is 25.9. The molecule has 192 valence electrons. The molecular formula is C26H33ClN6O3. The van der Waals surface area contributed by atoms with Crippen LogP contribution in [0.4, 0.5) is 5.69 Å². The maximum Gasteiger partial charge on any atom is 0.222 e. The lowest BCUT2D eigenvalue weighted by Gasteiger charge is -2.31. The summed E-state index contributed by atoms with van der Waals surface area (Å²) in [4.78, 5) is 31.3. The quantitative estimate of drug-likeness (QED) is 0.385. The van der Waals surface area contributed by atoms with E-state index in [9.17, 15) is 9.59 Å². The Kier molecular flexibility index (Phi) is 8.45. The van der Waals surface area contributed by atoms with Gasteiger partial charge in [0.25, 0.3) is 0 Å². The number of hydrazine groups is 1. The molecule has 9 nitrogen and oxygen atoms in total. The third-order valence-electron chi connectivity index (χ3n) is 6.37. The van der Waals surface area contributed by atoms with Crippen molar-refractivity contribution in [3.05, 3.63) is 58.6 Å². The van der Waals surface area contributed by atoms with Crippen molar-refractivity contribution in [3.63, 3.8) is 0 Å². The van der Waals surface area contributed by atoms with Crippen LogP contribution in [0, 0.1) is 0 Å². The van der Waals surface area contributed by atoms with E-state index in [2.05, 4.69) is 33.3 Å². The van der Waals surface area contributed by atoms with Crippen molar-refractivity contribution in [2.45, 2.75) is 51.5 Å². The van der Waals surface area contributed by atoms with Crippen molar-refractivity contribution in [1.82, 2.24) is 21.5 Å². The highest BCUT2D eigenvalue weighted by Gasteiger charge is 2.40. The number of rotatable bonds is 9. The molecule has 0 spiro atoms. The number of halogens is 1. The molecule has 0 aromatic heterocycles. The first-order valence-corrected chi connectivity index (χ1v) is 12.6. The number of nitrogens with one attached hydrogen (secondary N) is 4. The van der Waals surface area contributed by atoms with Gasteiger partial charge in [-0.1, -0.05) is 23.7 Å². The number of methoxy groups -OCH3 is 1. The maximum absolute atomic E-state index is 12.9. The van der Waals surface area contributed by atoms with Gasteiger partial charge in [0, 0.05) is 41.9 Å². The van der Waals surface area contributed by atoms with Gasteiger partial charge in [-0.3, -0.25) is 14.6 Å². The molecule has 1 fully saturated rings. The Morgan fingerprint density at radius 3 is 2.50 bits per heavy atom. The summed E-state index contributed by atoms with van der Waals surface area (Å²) in [5.74, 6) is 0.621. The van der Waals surface area contributed by atoms with Gasteiger partial charge in [-0.25, -0.2) is 10.9 Å². The number of amides is 2. The zero-order valence-electron chi connectivity index (χ0n) is 20.8. The molecule has 2 aromatic carbocycles. The number of benzene rings is 2. The van der Waals surface area contributed by atoms with E-state index in [4.69, 9.17) is 21.3 Å². The van der Waals surface area contributed by atoms with Crippen LogP contribution < -0.4 is 31.1 Å². The second-order valence-electron chi connectivity index (χ2n) is 9.00. The molecule has 0 saturated carbocycles. The van der Waals surface area contributed by atoms with E-state index in [0.29, 0.717) is 18.1 Å². The number of unbranched alkanes of at least 4 members (excludes halogenated alkanes) is 1. The van der Waals surface area contributed by atoms with Crippen LogP contribution in [0.3, 0.4) is 0 Å². The number of carbonyl (C=O) groups is 2. The number of carbonyl (C=O) groups excluding carboxylic acids is 2. The molecule has 4 N–H and O–H groups in total. The highest BCUT2D eigenvalue weighted by molar-refractivity contribution is 6.30. The fourth-order valence-electron chi connectivity index (χ4n) is 4.59. The highest BCUT2D eigenvalue weighted by atomic mass is 35.5. The predicted octanol–water partition coefficient (Wildman–Crippen LogP) is 2.58. The van der Waals surface area contributed by atoms with E-state index in [1.54, 1.807) is 7.11 Å². The van der Waals surface area contributed by atoms with Crippen molar-refractivity contribution in [3.8, 4) is 5.75 Å². The fraction of sp³-hybridized carbons (Fsp3) is 0.423. The first-order chi connectivity index (χ1) is 17.4. The molecule has 1 saturated heterocycles. The molecule has 0 bridgehead atoms. The molecule has 2 heterocycles. The Labute approximate surface area is 216 Å². The van der Waals surface area contributed by atoms with Gasteiger partial charge in [-0.15, -0.1) is 0 Å². The smallest absolute Gasteiger partial charge is 0.222 e. The SMILES string of the molecule is COc1ccc2c(c1)C(c1ccc(Cl)cc1)=N[C@@H](CC(=O)NCCCCNC(C)=O)C1NNC(C)N21. The lowest BCUT2D eigenvalue weighted by atomic mass is 9.99. The molecule has 2 aromatic rings. The lowest BCUT2D eigenvalue weighted by molar-refractivity contribution is -0.121. The molecule has 0 radical (unpaired) electrons. The summed E-state index contributed by atoms with van der Waals surface area (Å²) in [7, 11) is 1.64. The van der Waals surface area contributed by atoms with Crippen molar-refractivity contribution < 1.29 is 14.3 Å². The molecule has 36 heavy (non-hydrogen) atoms. The molecule has 2 aliphatic heterocycles. The standard InChI is InChI=1S/C26H33ClN6O3/c1-16-31-32-26-22(15-24(35)29-13-5-4-12-28-17(2)34)30-25(18-6-8-19(27)9-7-18)21-14-20(36-3)10-11-23(21)33(16)26/h6-11,14,16,22,26,31-32H,4-5,12-13,15H2,1-3H3,(H,28,34)(H,29,35)/t16?,22-,26?/m0/s1. The van der Waals surface area contributed by atoms with Gasteiger partial charge in [-0.05, 0) is 50.1 Å². The summed E-state index contributed by atoms with van der Waals surface area (Å²) in [5.41, 5.74) is 10.3. The van der Waals surface area contributed by atoms with Crippen LogP contribution in [0.1, 0.15) is 44.2 Å². The highest BCUT2D eigenvalue weighted by Crippen LogP contribution is 2.36. The van der Waals surface area contributed by atoms with Crippen LogP contribution in [0.25, 0.3) is 0 Å². The summed E-state index contributed by atoms with van der Waals surface area (Å²) in [5, 5.41) is 6.42. The molecule has 10 heteroatoms. The molecule has 2 amide bonds. The third-order valence-corrected chi connectivity index (χ3v) is 6.62. The summed E-state index contributed by atoms with van der Waals surface area (Å²) >= 11 is 6.16. The predicted molar refractivity (Wildman–Crippen MR) is 141 cm³/mol. The summed E-state index contributed by atoms with van der Waals surface area (Å²) in [6, 6.07) is 13.2. The van der Waals surface area contributed by atoms with Crippen LogP contribution in [0.2, 0.25) is 5.02 Å². The number of nitrogens with zero attached hydrogens (tertiary/aromatic N) is 2. The van der Waals surface area contributed by atoms with Crippen molar-refractivity contribution in [2.75, 3.05) is 25.1 Å². The van der Waals surface area contributed by atoms with Crippen LogP contribution >= 0.6 is 11.6 Å². The number of aliphatic imine (C=N–C) groups is 1. The Morgan fingerprint density at radius 2 is 1.81 bits per heavy atom. The fourth-order valence-corrected chi connectivity index (χ4v) is 4.71. The molecular weight excluding hydrogens is 480 g/mol. The van der Waals surface area contributed by atoms with Crippen LogP contribution in [-0.2, 0) is 9.59 Å². The minimum Gasteiger partial charge on any atom is -0.497 e. The normalized spacial score (nSPS) is 20.6. The second kappa shape index (κ2) is 11.7.